The maximum absolute atomic E-state index is 12.7. The lowest BCUT2D eigenvalue weighted by atomic mass is 10.1. The Hall–Kier alpha value is -2.74. The van der Waals surface area contributed by atoms with E-state index in [1.54, 1.807) is 29.2 Å². The number of hydrogen-bond acceptors (Lipinski definition) is 4. The van der Waals surface area contributed by atoms with Gasteiger partial charge in [-0.3, -0.25) is 4.79 Å². The van der Waals surface area contributed by atoms with Gasteiger partial charge >= 0.3 is 6.18 Å². The Morgan fingerprint density at radius 1 is 1.14 bits per heavy atom. The Morgan fingerprint density at radius 2 is 1.82 bits per heavy atom. The van der Waals surface area contributed by atoms with Gasteiger partial charge in [0.05, 0.1) is 25.8 Å². The van der Waals surface area contributed by atoms with Gasteiger partial charge in [0.25, 0.3) is 5.91 Å². The lowest BCUT2D eigenvalue weighted by molar-refractivity contribution is -0.141. The topological polar surface area (TPSA) is 48.0 Å². The molecule has 8 heteroatoms. The Kier molecular flexibility index (Phi) is 6.08. The van der Waals surface area contributed by atoms with Crippen LogP contribution in [-0.4, -0.2) is 44.2 Å². The molecule has 0 radical (unpaired) electrons. The molecule has 1 saturated heterocycles. The maximum Gasteiger partial charge on any atom is 0.416 e. The highest BCUT2D eigenvalue weighted by atomic mass is 19.4. The number of para-hydroxylation sites is 2. The van der Waals surface area contributed by atoms with Crippen molar-refractivity contribution in [3.63, 3.8) is 0 Å². The minimum atomic E-state index is -4.39. The van der Waals surface area contributed by atoms with Crippen molar-refractivity contribution in [2.75, 3.05) is 33.4 Å². The summed E-state index contributed by atoms with van der Waals surface area (Å²) in [6, 6.07) is 11.8. The Labute approximate surface area is 160 Å². The van der Waals surface area contributed by atoms with Crippen LogP contribution >= 0.6 is 0 Å². The fraction of sp³-hybridized carbons (Fsp3) is 0.350. The lowest BCUT2D eigenvalue weighted by Gasteiger charge is -2.33. The SMILES string of the molecule is COc1ccccc1OCC(=O)N1CCO[C@H](c2ccc(C(F)(F)F)cc2)C1. The lowest BCUT2D eigenvalue weighted by Crippen LogP contribution is -2.44. The van der Waals surface area contributed by atoms with Gasteiger partial charge in [-0.05, 0) is 29.8 Å². The summed E-state index contributed by atoms with van der Waals surface area (Å²) in [5.74, 6) is 0.761. The number of hydrogen-bond donors (Lipinski definition) is 0. The van der Waals surface area contributed by atoms with Crippen LogP contribution in [0.5, 0.6) is 11.5 Å². The summed E-state index contributed by atoms with van der Waals surface area (Å²) in [5, 5.41) is 0. The summed E-state index contributed by atoms with van der Waals surface area (Å²) >= 11 is 0. The summed E-state index contributed by atoms with van der Waals surface area (Å²) < 4.78 is 54.5. The van der Waals surface area contributed by atoms with Crippen LogP contribution in [0.15, 0.2) is 48.5 Å². The highest BCUT2D eigenvalue weighted by Crippen LogP contribution is 2.31. The van der Waals surface area contributed by atoms with E-state index in [0.717, 1.165) is 12.1 Å². The number of amides is 1. The smallest absolute Gasteiger partial charge is 0.416 e. The predicted molar refractivity (Wildman–Crippen MR) is 95.2 cm³/mol. The number of rotatable bonds is 5. The van der Waals surface area contributed by atoms with Crippen LogP contribution in [0, 0.1) is 0 Å². The monoisotopic (exact) mass is 395 g/mol. The normalized spacial score (nSPS) is 17.3. The number of halogens is 3. The van der Waals surface area contributed by atoms with Gasteiger partial charge in [0.2, 0.25) is 0 Å². The second kappa shape index (κ2) is 8.52. The van der Waals surface area contributed by atoms with E-state index < -0.39 is 17.8 Å². The first-order valence-electron chi connectivity index (χ1n) is 8.71. The molecular weight excluding hydrogens is 375 g/mol. The molecule has 2 aromatic rings. The van der Waals surface area contributed by atoms with Gasteiger partial charge in [-0.2, -0.15) is 13.2 Å². The Morgan fingerprint density at radius 3 is 2.46 bits per heavy atom. The molecule has 0 aromatic heterocycles. The zero-order chi connectivity index (χ0) is 20.1. The second-order valence-electron chi connectivity index (χ2n) is 6.26. The van der Waals surface area contributed by atoms with Gasteiger partial charge < -0.3 is 19.1 Å². The molecule has 0 spiro atoms. The van der Waals surface area contributed by atoms with E-state index in [0.29, 0.717) is 30.2 Å². The summed E-state index contributed by atoms with van der Waals surface area (Å²) in [6.07, 6.45) is -4.87. The van der Waals surface area contributed by atoms with Gasteiger partial charge in [0.1, 0.15) is 6.10 Å². The molecule has 0 bridgehead atoms. The van der Waals surface area contributed by atoms with Crippen molar-refractivity contribution in [2.24, 2.45) is 0 Å². The molecule has 1 heterocycles. The van der Waals surface area contributed by atoms with E-state index in [2.05, 4.69) is 0 Å². The summed E-state index contributed by atoms with van der Waals surface area (Å²) in [5.41, 5.74) is -0.124. The van der Waals surface area contributed by atoms with Crippen molar-refractivity contribution in [3.8, 4) is 11.5 Å². The number of alkyl halides is 3. The molecule has 1 atom stereocenters. The fourth-order valence-electron chi connectivity index (χ4n) is 2.93. The van der Waals surface area contributed by atoms with E-state index in [1.165, 1.54) is 19.2 Å². The first-order chi connectivity index (χ1) is 13.4. The van der Waals surface area contributed by atoms with Crippen molar-refractivity contribution in [1.29, 1.82) is 0 Å². The molecule has 1 aliphatic heterocycles. The number of benzene rings is 2. The van der Waals surface area contributed by atoms with Gasteiger partial charge in [0, 0.05) is 6.54 Å². The molecule has 28 heavy (non-hydrogen) atoms. The third-order valence-electron chi connectivity index (χ3n) is 4.45. The molecule has 1 aliphatic rings. The van der Waals surface area contributed by atoms with Crippen molar-refractivity contribution in [2.45, 2.75) is 12.3 Å². The van der Waals surface area contributed by atoms with Crippen molar-refractivity contribution in [1.82, 2.24) is 4.90 Å². The predicted octanol–water partition coefficient (Wildman–Crippen LogP) is 3.69. The molecule has 2 aromatic carbocycles. The van der Waals surface area contributed by atoms with Gasteiger partial charge in [-0.1, -0.05) is 24.3 Å². The van der Waals surface area contributed by atoms with Crippen molar-refractivity contribution >= 4 is 5.91 Å². The Balaban J connectivity index is 1.60. The number of morpholine rings is 1. The van der Waals surface area contributed by atoms with Crippen LogP contribution in [0.2, 0.25) is 0 Å². The first kappa shape index (κ1) is 20.0. The standard InChI is InChI=1S/C20H20F3NO4/c1-26-16-4-2-3-5-17(16)28-13-19(25)24-10-11-27-18(12-24)14-6-8-15(9-7-14)20(21,22)23/h2-9,18H,10-13H2,1H3/t18-/m0/s1. The quantitative estimate of drug-likeness (QED) is 0.775. The van der Waals surface area contributed by atoms with Crippen LogP contribution < -0.4 is 9.47 Å². The molecule has 0 unspecified atom stereocenters. The molecule has 0 saturated carbocycles. The molecule has 5 nitrogen and oxygen atoms in total. The van der Waals surface area contributed by atoms with E-state index >= 15 is 0 Å². The first-order valence-corrected chi connectivity index (χ1v) is 8.71. The van der Waals surface area contributed by atoms with E-state index in [-0.39, 0.29) is 19.1 Å². The zero-order valence-electron chi connectivity index (χ0n) is 15.2. The molecular formula is C20H20F3NO4. The molecule has 150 valence electrons. The molecule has 0 aliphatic carbocycles. The van der Waals surface area contributed by atoms with Crippen molar-refractivity contribution in [3.05, 3.63) is 59.7 Å². The number of carbonyl (C=O) groups excluding carboxylic acids is 1. The number of nitrogens with zero attached hydrogens (tertiary/aromatic N) is 1. The van der Waals surface area contributed by atoms with Gasteiger partial charge in [-0.25, -0.2) is 0 Å². The minimum Gasteiger partial charge on any atom is -0.493 e. The van der Waals surface area contributed by atoms with Crippen LogP contribution in [0.1, 0.15) is 17.2 Å². The van der Waals surface area contributed by atoms with Crippen LogP contribution in [0.4, 0.5) is 13.2 Å². The second-order valence-corrected chi connectivity index (χ2v) is 6.26. The van der Waals surface area contributed by atoms with E-state index in [9.17, 15) is 18.0 Å². The fourth-order valence-corrected chi connectivity index (χ4v) is 2.93. The highest BCUT2D eigenvalue weighted by Gasteiger charge is 2.31. The summed E-state index contributed by atoms with van der Waals surface area (Å²) in [6.45, 7) is 0.775. The van der Waals surface area contributed by atoms with Gasteiger partial charge in [-0.15, -0.1) is 0 Å². The van der Waals surface area contributed by atoms with Crippen LogP contribution in [-0.2, 0) is 15.7 Å². The molecule has 3 rings (SSSR count). The van der Waals surface area contributed by atoms with E-state index in [4.69, 9.17) is 14.2 Å². The number of methoxy groups -OCH3 is 1. The largest absolute Gasteiger partial charge is 0.493 e. The third-order valence-corrected chi connectivity index (χ3v) is 4.45. The number of ether oxygens (including phenoxy) is 3. The zero-order valence-corrected chi connectivity index (χ0v) is 15.2. The Bertz CT molecular complexity index is 808. The van der Waals surface area contributed by atoms with Crippen LogP contribution in [0.3, 0.4) is 0 Å². The van der Waals surface area contributed by atoms with Crippen LogP contribution in [0.25, 0.3) is 0 Å². The average molecular weight is 395 g/mol. The van der Waals surface area contributed by atoms with Gasteiger partial charge in [0.15, 0.2) is 18.1 Å². The molecule has 1 fully saturated rings. The molecule has 1 amide bonds. The highest BCUT2D eigenvalue weighted by molar-refractivity contribution is 5.78. The third kappa shape index (κ3) is 4.75. The number of carbonyl (C=O) groups is 1. The van der Waals surface area contributed by atoms with E-state index in [1.807, 2.05) is 0 Å². The summed E-state index contributed by atoms with van der Waals surface area (Å²) in [7, 11) is 1.51. The maximum atomic E-state index is 12.7. The minimum absolute atomic E-state index is 0.167. The van der Waals surface area contributed by atoms with Crippen molar-refractivity contribution < 1.29 is 32.2 Å². The summed E-state index contributed by atoms with van der Waals surface area (Å²) in [4.78, 5) is 14.1. The molecule has 0 N–H and O–H groups in total. The average Bonchev–Trinajstić information content (AvgIpc) is 2.71.